The van der Waals surface area contributed by atoms with Gasteiger partial charge in [0, 0.05) is 11.0 Å². The largest absolute Gasteiger partial charge is 0.484 e. The van der Waals surface area contributed by atoms with Crippen LogP contribution < -0.4 is 4.74 Å². The minimum Gasteiger partial charge on any atom is -0.484 e. The second-order valence-corrected chi connectivity index (χ2v) is 10.7. The summed E-state index contributed by atoms with van der Waals surface area (Å²) in [5, 5.41) is 0. The lowest BCUT2D eigenvalue weighted by molar-refractivity contribution is -0.134. The molecule has 2 aromatic carbocycles. The van der Waals surface area contributed by atoms with Crippen LogP contribution in [0.25, 0.3) is 0 Å². The van der Waals surface area contributed by atoms with E-state index in [-0.39, 0.29) is 18.6 Å². The molecule has 3 nitrogen and oxygen atoms in total. The zero-order chi connectivity index (χ0) is 19.3. The first-order chi connectivity index (χ1) is 13.7. The van der Waals surface area contributed by atoms with Crippen molar-refractivity contribution in [2.45, 2.75) is 29.9 Å². The molecule has 0 aliphatic carbocycles. The van der Waals surface area contributed by atoms with Gasteiger partial charge in [0.15, 0.2) is 6.61 Å². The predicted molar refractivity (Wildman–Crippen MR) is 122 cm³/mol. The summed E-state index contributed by atoms with van der Waals surface area (Å²) in [6.07, 6.45) is 3.35. The molecule has 2 aromatic rings. The Bertz CT molecular complexity index is 791. The second kappa shape index (κ2) is 9.59. The summed E-state index contributed by atoms with van der Waals surface area (Å²) in [6, 6.07) is 16.7. The van der Waals surface area contributed by atoms with E-state index in [0.717, 1.165) is 29.6 Å². The molecule has 2 heterocycles. The van der Waals surface area contributed by atoms with Crippen molar-refractivity contribution < 1.29 is 9.53 Å². The molecule has 2 aliphatic heterocycles. The van der Waals surface area contributed by atoms with Gasteiger partial charge in [-0.3, -0.25) is 4.79 Å². The molecule has 1 amide bonds. The molecule has 0 saturated carbocycles. The third-order valence-corrected chi connectivity index (χ3v) is 8.71. The molecule has 4 rings (SSSR count). The zero-order valence-corrected chi connectivity index (χ0v) is 18.9. The number of rotatable bonds is 5. The van der Waals surface area contributed by atoms with Crippen molar-refractivity contribution in [3.05, 3.63) is 64.1 Å². The molecule has 0 radical (unpaired) electrons. The Kier molecular flexibility index (Phi) is 6.91. The van der Waals surface area contributed by atoms with Crippen molar-refractivity contribution in [1.82, 2.24) is 4.90 Å². The number of hydrogen-bond acceptors (Lipinski definition) is 4. The van der Waals surface area contributed by atoms with Crippen LogP contribution in [0.3, 0.4) is 0 Å². The van der Waals surface area contributed by atoms with Gasteiger partial charge in [0.2, 0.25) is 0 Å². The van der Waals surface area contributed by atoms with Crippen molar-refractivity contribution in [3.63, 3.8) is 0 Å². The lowest BCUT2D eigenvalue weighted by Gasteiger charge is -2.25. The van der Waals surface area contributed by atoms with Crippen molar-refractivity contribution in [3.8, 4) is 5.75 Å². The Morgan fingerprint density at radius 2 is 1.68 bits per heavy atom. The van der Waals surface area contributed by atoms with E-state index in [4.69, 9.17) is 4.74 Å². The average molecular weight is 478 g/mol. The minimum atomic E-state index is 0.0629. The van der Waals surface area contributed by atoms with Crippen LogP contribution in [-0.4, -0.2) is 35.5 Å². The normalized spacial score (nSPS) is 20.3. The van der Waals surface area contributed by atoms with Gasteiger partial charge < -0.3 is 9.64 Å². The zero-order valence-electron chi connectivity index (χ0n) is 15.7. The van der Waals surface area contributed by atoms with E-state index in [1.54, 1.807) is 0 Å². The highest BCUT2D eigenvalue weighted by Gasteiger charge is 2.30. The SMILES string of the molecule is O=C(COc1ccc(C2SCCCS2)cc1)N1CCCC1c1ccc(Br)cc1. The number of likely N-dealkylation sites (tertiary alicyclic amines) is 1. The quantitative estimate of drug-likeness (QED) is 0.523. The number of ether oxygens (including phenoxy) is 1. The number of benzene rings is 2. The van der Waals surface area contributed by atoms with Crippen LogP contribution in [0.4, 0.5) is 0 Å². The number of carbonyl (C=O) groups is 1. The van der Waals surface area contributed by atoms with Gasteiger partial charge in [0.05, 0.1) is 10.6 Å². The molecule has 0 spiro atoms. The molecule has 0 bridgehead atoms. The van der Waals surface area contributed by atoms with Gasteiger partial charge in [-0.1, -0.05) is 40.2 Å². The Morgan fingerprint density at radius 3 is 2.39 bits per heavy atom. The van der Waals surface area contributed by atoms with Gasteiger partial charge >= 0.3 is 0 Å². The maximum absolute atomic E-state index is 12.8. The van der Waals surface area contributed by atoms with Crippen LogP contribution in [0.2, 0.25) is 0 Å². The highest BCUT2D eigenvalue weighted by molar-refractivity contribution is 9.10. The number of amides is 1. The first-order valence-electron chi connectivity index (χ1n) is 9.71. The molecule has 2 saturated heterocycles. The van der Waals surface area contributed by atoms with Gasteiger partial charge in [-0.2, -0.15) is 0 Å². The number of nitrogens with zero attached hydrogens (tertiary/aromatic N) is 1. The van der Waals surface area contributed by atoms with E-state index in [2.05, 4.69) is 40.2 Å². The highest BCUT2D eigenvalue weighted by Crippen LogP contribution is 2.43. The van der Waals surface area contributed by atoms with Crippen LogP contribution in [0, 0.1) is 0 Å². The smallest absolute Gasteiger partial charge is 0.261 e. The maximum atomic E-state index is 12.8. The fraction of sp³-hybridized carbons (Fsp3) is 0.409. The van der Waals surface area contributed by atoms with Gasteiger partial charge in [0.1, 0.15) is 5.75 Å². The summed E-state index contributed by atoms with van der Waals surface area (Å²) in [6.45, 7) is 0.900. The van der Waals surface area contributed by atoms with E-state index in [1.807, 2.05) is 52.7 Å². The standard InChI is InChI=1S/C22H24BrNO2S2/c23-18-8-4-16(5-9-18)20-3-1-12-24(20)21(25)15-26-19-10-6-17(7-11-19)22-27-13-2-14-28-22/h4-11,20,22H,1-3,12-15H2. The summed E-state index contributed by atoms with van der Waals surface area (Å²) in [5.74, 6) is 3.30. The number of thioether (sulfide) groups is 2. The molecule has 0 aromatic heterocycles. The topological polar surface area (TPSA) is 29.5 Å². The summed E-state index contributed by atoms with van der Waals surface area (Å²) < 4.78 is 7.40. The first kappa shape index (κ1) is 20.2. The number of halogens is 1. The molecule has 148 valence electrons. The van der Waals surface area contributed by atoms with E-state index in [0.29, 0.717) is 4.58 Å². The number of carbonyl (C=O) groups excluding carboxylic acids is 1. The molecule has 28 heavy (non-hydrogen) atoms. The molecule has 0 N–H and O–H groups in total. The van der Waals surface area contributed by atoms with Gasteiger partial charge in [0.25, 0.3) is 5.91 Å². The van der Waals surface area contributed by atoms with E-state index >= 15 is 0 Å². The Hall–Kier alpha value is -1.11. The average Bonchev–Trinajstić information content (AvgIpc) is 3.23. The molecule has 1 unspecified atom stereocenters. The lowest BCUT2D eigenvalue weighted by atomic mass is 10.0. The van der Waals surface area contributed by atoms with Crippen molar-refractivity contribution >= 4 is 45.4 Å². The summed E-state index contributed by atoms with van der Waals surface area (Å²) >= 11 is 7.51. The van der Waals surface area contributed by atoms with Crippen LogP contribution in [0.15, 0.2) is 53.0 Å². The van der Waals surface area contributed by atoms with Crippen LogP contribution in [-0.2, 0) is 4.79 Å². The minimum absolute atomic E-state index is 0.0629. The van der Waals surface area contributed by atoms with Gasteiger partial charge in [-0.25, -0.2) is 0 Å². The summed E-state index contributed by atoms with van der Waals surface area (Å²) in [5.41, 5.74) is 2.53. The van der Waals surface area contributed by atoms with Crippen molar-refractivity contribution in [2.75, 3.05) is 24.7 Å². The molecule has 1 atom stereocenters. The predicted octanol–water partition coefficient (Wildman–Crippen LogP) is 6.06. The van der Waals surface area contributed by atoms with Gasteiger partial charge in [-0.05, 0) is 66.2 Å². The van der Waals surface area contributed by atoms with Crippen LogP contribution in [0.1, 0.15) is 41.0 Å². The molecule has 6 heteroatoms. The Morgan fingerprint density at radius 1 is 1.00 bits per heavy atom. The molecular weight excluding hydrogens is 454 g/mol. The molecule has 2 aliphatic rings. The van der Waals surface area contributed by atoms with E-state index < -0.39 is 0 Å². The highest BCUT2D eigenvalue weighted by atomic mass is 79.9. The Balaban J connectivity index is 1.33. The fourth-order valence-corrected chi connectivity index (χ4v) is 6.88. The second-order valence-electron chi connectivity index (χ2n) is 7.08. The van der Waals surface area contributed by atoms with Crippen LogP contribution in [0.5, 0.6) is 5.75 Å². The lowest BCUT2D eigenvalue weighted by Crippen LogP contribution is -2.34. The Labute approximate surface area is 183 Å². The van der Waals surface area contributed by atoms with Crippen LogP contribution >= 0.6 is 39.5 Å². The summed E-state index contributed by atoms with van der Waals surface area (Å²) in [4.78, 5) is 14.7. The molecule has 2 fully saturated rings. The third kappa shape index (κ3) is 4.89. The maximum Gasteiger partial charge on any atom is 0.261 e. The van der Waals surface area contributed by atoms with E-state index in [1.165, 1.54) is 29.1 Å². The first-order valence-corrected chi connectivity index (χ1v) is 12.6. The van der Waals surface area contributed by atoms with E-state index in [9.17, 15) is 4.79 Å². The van der Waals surface area contributed by atoms with Crippen molar-refractivity contribution in [2.24, 2.45) is 0 Å². The summed E-state index contributed by atoms with van der Waals surface area (Å²) in [7, 11) is 0. The fourth-order valence-electron chi connectivity index (χ4n) is 3.73. The third-order valence-electron chi connectivity index (χ3n) is 5.17. The molecular formula is C22H24BrNO2S2. The monoisotopic (exact) mass is 477 g/mol. The van der Waals surface area contributed by atoms with Gasteiger partial charge in [-0.15, -0.1) is 23.5 Å². The van der Waals surface area contributed by atoms with Crippen molar-refractivity contribution in [1.29, 1.82) is 0 Å². The number of hydrogen-bond donors (Lipinski definition) is 0.